The molecule has 0 aromatic carbocycles. The molecule has 3 aliphatic heterocycles. The molecule has 3 saturated heterocycles. The van der Waals surface area contributed by atoms with Crippen molar-refractivity contribution in [1.29, 1.82) is 0 Å². The summed E-state index contributed by atoms with van der Waals surface area (Å²) in [7, 11) is 0. The summed E-state index contributed by atoms with van der Waals surface area (Å²) in [5, 5.41) is 120. The van der Waals surface area contributed by atoms with Crippen molar-refractivity contribution in [3.05, 3.63) is 48.6 Å². The van der Waals surface area contributed by atoms with Crippen molar-refractivity contribution in [2.75, 3.05) is 26.4 Å². The highest BCUT2D eigenvalue weighted by atomic mass is 16.8. The van der Waals surface area contributed by atoms with Crippen molar-refractivity contribution in [2.24, 2.45) is 0 Å². The molecule has 17 unspecified atom stereocenters. The van der Waals surface area contributed by atoms with E-state index in [0.717, 1.165) is 64.2 Å². The van der Waals surface area contributed by atoms with E-state index in [1.54, 1.807) is 6.08 Å². The first-order chi connectivity index (χ1) is 35.3. The highest BCUT2D eigenvalue weighted by Gasteiger charge is 2.53. The van der Waals surface area contributed by atoms with Crippen LogP contribution >= 0.6 is 0 Å². The van der Waals surface area contributed by atoms with Gasteiger partial charge in [-0.3, -0.25) is 4.79 Å². The zero-order valence-electron chi connectivity index (χ0n) is 43.6. The molecular formula is C54H95NO18. The molecule has 3 aliphatic rings. The van der Waals surface area contributed by atoms with Gasteiger partial charge < -0.3 is 89.9 Å². The highest BCUT2D eigenvalue weighted by molar-refractivity contribution is 5.76. The summed E-state index contributed by atoms with van der Waals surface area (Å²) >= 11 is 0. The van der Waals surface area contributed by atoms with Crippen molar-refractivity contribution < 1.29 is 89.4 Å². The zero-order valence-corrected chi connectivity index (χ0v) is 43.6. The minimum absolute atomic E-state index is 0.220. The largest absolute Gasteiger partial charge is 0.394 e. The molecule has 3 rings (SSSR count). The third kappa shape index (κ3) is 23.5. The maximum Gasteiger partial charge on any atom is 0.220 e. The van der Waals surface area contributed by atoms with Crippen LogP contribution in [-0.4, -0.2) is 193 Å². The standard InChI is InChI=1S/C54H95NO18/c1-3-5-7-9-11-13-15-17-18-19-20-21-23-25-27-29-31-38(59)37(55-42(60)32-30-28-26-24-22-16-14-12-10-8-6-4-2)36-68-52-48(66)45(63)50(40(34-57)70-52)73-54-49(67)46(64)51(41(35-58)71-54)72-53-47(65)44(62)43(61)39(33-56)69-53/h12,14,17-18,21,23,29,31,37-41,43-54,56-59,61-67H,3-11,13,15-16,19-20,22,24-28,30,32-36H2,1-2H3,(H,55,60)/b14-12-,18-17+,23-21+,31-29+. The Labute approximate surface area is 433 Å². The molecule has 19 heteroatoms. The molecule has 0 aliphatic carbocycles. The zero-order chi connectivity index (χ0) is 53.4. The van der Waals surface area contributed by atoms with Gasteiger partial charge in [-0.05, 0) is 70.6 Å². The first-order valence-corrected chi connectivity index (χ1v) is 27.4. The first kappa shape index (κ1) is 65.0. The van der Waals surface area contributed by atoms with E-state index in [0.29, 0.717) is 12.8 Å². The lowest BCUT2D eigenvalue weighted by molar-refractivity contribution is -0.379. The van der Waals surface area contributed by atoms with Crippen LogP contribution in [0.5, 0.6) is 0 Å². The third-order valence-corrected chi connectivity index (χ3v) is 13.6. The molecule has 19 nitrogen and oxygen atoms in total. The summed E-state index contributed by atoms with van der Waals surface area (Å²) in [5.41, 5.74) is 0. The number of hydrogen-bond acceptors (Lipinski definition) is 18. The quantitative estimate of drug-likeness (QED) is 0.0312. The van der Waals surface area contributed by atoms with Crippen LogP contribution in [0.25, 0.3) is 0 Å². The van der Waals surface area contributed by atoms with Gasteiger partial charge in [-0.1, -0.05) is 127 Å². The van der Waals surface area contributed by atoms with Crippen LogP contribution in [0.2, 0.25) is 0 Å². The normalized spacial score (nSPS) is 32.1. The van der Waals surface area contributed by atoms with Crippen molar-refractivity contribution in [2.45, 2.75) is 259 Å². The average molecular weight is 1050 g/mol. The molecule has 0 aromatic heterocycles. The summed E-state index contributed by atoms with van der Waals surface area (Å²) in [5.74, 6) is -0.304. The molecule has 17 atom stereocenters. The number of aliphatic hydroxyl groups is 11. The first-order valence-electron chi connectivity index (χ1n) is 27.4. The van der Waals surface area contributed by atoms with Crippen molar-refractivity contribution >= 4 is 5.91 Å². The SMILES string of the molecule is CCCCC/C=C\CCCCCCCC(=O)NC(COC1OC(CO)C(OC2OC(CO)C(OC3OC(CO)C(O)C(O)C3O)C(O)C2O)C(O)C1O)C(O)/C=C/CC/C=C/CC/C=C/CCCCCCCC. The molecule has 424 valence electrons. The van der Waals surface area contributed by atoms with Crippen LogP contribution in [-0.2, 0) is 33.2 Å². The van der Waals surface area contributed by atoms with Gasteiger partial charge in [0.25, 0.3) is 0 Å². The van der Waals surface area contributed by atoms with Gasteiger partial charge in [0.05, 0.1) is 38.6 Å². The number of amides is 1. The van der Waals surface area contributed by atoms with Crippen LogP contribution in [0.3, 0.4) is 0 Å². The summed E-state index contributed by atoms with van der Waals surface area (Å²) in [4.78, 5) is 13.2. The molecule has 3 heterocycles. The lowest BCUT2D eigenvalue weighted by atomic mass is 9.96. The van der Waals surface area contributed by atoms with E-state index in [4.69, 9.17) is 28.4 Å². The fraction of sp³-hybridized carbons (Fsp3) is 0.833. The van der Waals surface area contributed by atoms with E-state index in [1.807, 2.05) is 6.08 Å². The summed E-state index contributed by atoms with van der Waals surface area (Å²) in [6, 6.07) is -0.998. The molecule has 0 bridgehead atoms. The smallest absolute Gasteiger partial charge is 0.220 e. The molecule has 1 amide bonds. The van der Waals surface area contributed by atoms with Crippen molar-refractivity contribution in [3.8, 4) is 0 Å². The van der Waals surface area contributed by atoms with Crippen molar-refractivity contribution in [1.82, 2.24) is 5.32 Å². The van der Waals surface area contributed by atoms with E-state index in [9.17, 15) is 61.0 Å². The predicted molar refractivity (Wildman–Crippen MR) is 272 cm³/mol. The van der Waals surface area contributed by atoms with Gasteiger partial charge in [0.1, 0.15) is 73.2 Å². The molecule has 0 aromatic rings. The number of aliphatic hydroxyl groups excluding tert-OH is 11. The Balaban J connectivity index is 1.57. The summed E-state index contributed by atoms with van der Waals surface area (Å²) < 4.78 is 34.1. The van der Waals surface area contributed by atoms with Crippen LogP contribution in [0.1, 0.15) is 155 Å². The Morgan fingerprint density at radius 3 is 1.40 bits per heavy atom. The Morgan fingerprint density at radius 2 is 0.877 bits per heavy atom. The van der Waals surface area contributed by atoms with E-state index in [1.165, 1.54) is 57.8 Å². The fourth-order valence-electron chi connectivity index (χ4n) is 8.98. The van der Waals surface area contributed by atoms with Gasteiger partial charge in [-0.15, -0.1) is 0 Å². The number of carbonyl (C=O) groups is 1. The number of unbranched alkanes of at least 4 members (excludes halogenated alkanes) is 16. The van der Waals surface area contributed by atoms with E-state index < -0.39 is 124 Å². The molecule has 3 fully saturated rings. The lowest BCUT2D eigenvalue weighted by Gasteiger charge is -2.48. The maximum absolute atomic E-state index is 13.2. The number of hydrogen-bond donors (Lipinski definition) is 12. The maximum atomic E-state index is 13.2. The summed E-state index contributed by atoms with van der Waals surface area (Å²) in [6.07, 6.45) is 12.5. The third-order valence-electron chi connectivity index (χ3n) is 13.6. The van der Waals surface area contributed by atoms with Crippen LogP contribution < -0.4 is 5.32 Å². The predicted octanol–water partition coefficient (Wildman–Crippen LogP) is 3.14. The van der Waals surface area contributed by atoms with Crippen LogP contribution in [0.15, 0.2) is 48.6 Å². The number of allylic oxidation sites excluding steroid dienone is 7. The Hall–Kier alpha value is -2.25. The topological polar surface area (TPSA) is 307 Å². The van der Waals surface area contributed by atoms with Crippen LogP contribution in [0, 0.1) is 0 Å². The Bertz CT molecular complexity index is 1530. The minimum Gasteiger partial charge on any atom is -0.394 e. The minimum atomic E-state index is -1.98. The van der Waals surface area contributed by atoms with Gasteiger partial charge in [0, 0.05) is 6.42 Å². The van der Waals surface area contributed by atoms with Gasteiger partial charge in [-0.25, -0.2) is 0 Å². The monoisotopic (exact) mass is 1050 g/mol. The Morgan fingerprint density at radius 1 is 0.479 bits per heavy atom. The average Bonchev–Trinajstić information content (AvgIpc) is 3.39. The van der Waals surface area contributed by atoms with E-state index in [-0.39, 0.29) is 18.9 Å². The van der Waals surface area contributed by atoms with E-state index >= 15 is 0 Å². The molecule has 0 spiro atoms. The fourth-order valence-corrected chi connectivity index (χ4v) is 8.98. The van der Waals surface area contributed by atoms with Crippen LogP contribution in [0.4, 0.5) is 0 Å². The highest BCUT2D eigenvalue weighted by Crippen LogP contribution is 2.33. The number of nitrogens with one attached hydrogen (secondary N) is 1. The molecule has 0 saturated carbocycles. The molecular weight excluding hydrogens is 951 g/mol. The lowest BCUT2D eigenvalue weighted by Crippen LogP contribution is -2.66. The number of carbonyl (C=O) groups excluding carboxylic acids is 1. The molecule has 0 radical (unpaired) electrons. The van der Waals surface area contributed by atoms with Gasteiger partial charge in [0.2, 0.25) is 5.91 Å². The number of ether oxygens (including phenoxy) is 6. The Kier molecular flexibility index (Phi) is 34.1. The number of rotatable bonds is 38. The van der Waals surface area contributed by atoms with Gasteiger partial charge >= 0.3 is 0 Å². The second-order valence-corrected chi connectivity index (χ2v) is 19.7. The molecule has 12 N–H and O–H groups in total. The van der Waals surface area contributed by atoms with E-state index in [2.05, 4.69) is 55.6 Å². The molecule has 73 heavy (non-hydrogen) atoms. The second kappa shape index (κ2) is 38.3. The van der Waals surface area contributed by atoms with Gasteiger partial charge in [-0.2, -0.15) is 0 Å². The van der Waals surface area contributed by atoms with Crippen molar-refractivity contribution in [3.63, 3.8) is 0 Å². The van der Waals surface area contributed by atoms with Gasteiger partial charge in [0.15, 0.2) is 18.9 Å². The summed E-state index contributed by atoms with van der Waals surface area (Å²) in [6.45, 7) is 1.61. The second-order valence-electron chi connectivity index (χ2n) is 19.7.